The second kappa shape index (κ2) is 6.51. The maximum absolute atomic E-state index is 12.4. The monoisotopic (exact) mass is 305 g/mol. The van der Waals surface area contributed by atoms with Crippen molar-refractivity contribution in [1.29, 1.82) is 0 Å². The van der Waals surface area contributed by atoms with Crippen LogP contribution >= 0.6 is 0 Å². The van der Waals surface area contributed by atoms with Gasteiger partial charge in [0.1, 0.15) is 0 Å². The fourth-order valence-electron chi connectivity index (χ4n) is 2.58. The van der Waals surface area contributed by atoms with Crippen LogP contribution in [0.2, 0.25) is 0 Å². The first-order valence-corrected chi connectivity index (χ1v) is 6.97. The van der Waals surface area contributed by atoms with Crippen LogP contribution < -0.4 is 14.8 Å². The number of hydrogen-bond acceptors (Lipinski definition) is 4. The molecule has 0 atom stereocenters. The number of aromatic carboxylic acids is 1. The minimum atomic E-state index is -1.10. The van der Waals surface area contributed by atoms with Gasteiger partial charge in [-0.1, -0.05) is 5.57 Å². The lowest BCUT2D eigenvalue weighted by Crippen LogP contribution is -2.15. The molecule has 0 saturated heterocycles. The lowest BCUT2D eigenvalue weighted by Gasteiger charge is -2.15. The van der Waals surface area contributed by atoms with Crippen molar-refractivity contribution in [1.82, 2.24) is 0 Å². The molecule has 6 nitrogen and oxygen atoms in total. The normalized spacial score (nSPS) is 14.0. The van der Waals surface area contributed by atoms with E-state index in [0.29, 0.717) is 5.75 Å². The molecule has 2 rings (SSSR count). The van der Waals surface area contributed by atoms with Gasteiger partial charge in [-0.25, -0.2) is 4.79 Å². The first-order valence-electron chi connectivity index (χ1n) is 6.97. The summed E-state index contributed by atoms with van der Waals surface area (Å²) in [5.74, 6) is -0.766. The summed E-state index contributed by atoms with van der Waals surface area (Å²) in [6.07, 6.45) is 2.61. The Balaban J connectivity index is 2.40. The van der Waals surface area contributed by atoms with Crippen LogP contribution in [0.15, 0.2) is 23.3 Å². The van der Waals surface area contributed by atoms with E-state index in [1.54, 1.807) is 0 Å². The van der Waals surface area contributed by atoms with Gasteiger partial charge < -0.3 is 19.9 Å². The van der Waals surface area contributed by atoms with Gasteiger partial charge in [0.2, 0.25) is 0 Å². The summed E-state index contributed by atoms with van der Waals surface area (Å²) in [7, 11) is 2.85. The third kappa shape index (κ3) is 3.05. The van der Waals surface area contributed by atoms with Crippen LogP contribution in [0.5, 0.6) is 11.5 Å². The number of allylic oxidation sites excluding steroid dienone is 1. The molecule has 0 heterocycles. The topological polar surface area (TPSA) is 84.9 Å². The number of carbonyl (C=O) groups is 2. The van der Waals surface area contributed by atoms with Gasteiger partial charge in [0.05, 0.1) is 25.5 Å². The van der Waals surface area contributed by atoms with E-state index in [1.165, 1.54) is 26.4 Å². The third-order valence-corrected chi connectivity index (χ3v) is 3.74. The fraction of sp³-hybridized carbons (Fsp3) is 0.375. The fourth-order valence-corrected chi connectivity index (χ4v) is 2.58. The average molecular weight is 305 g/mol. The van der Waals surface area contributed by atoms with Crippen LogP contribution in [-0.4, -0.2) is 31.2 Å². The van der Waals surface area contributed by atoms with Gasteiger partial charge in [-0.15, -0.1) is 0 Å². The summed E-state index contributed by atoms with van der Waals surface area (Å²) in [5.41, 5.74) is 2.13. The average Bonchev–Trinajstić information content (AvgIpc) is 2.92. The highest BCUT2D eigenvalue weighted by Crippen LogP contribution is 2.37. The van der Waals surface area contributed by atoms with Crippen molar-refractivity contribution in [3.63, 3.8) is 0 Å². The Bertz CT molecular complexity index is 648. The minimum absolute atomic E-state index is 0.0186. The molecule has 0 radical (unpaired) electrons. The molecule has 1 amide bonds. The van der Waals surface area contributed by atoms with Crippen molar-refractivity contribution in [3.8, 4) is 11.5 Å². The molecule has 6 heteroatoms. The van der Waals surface area contributed by atoms with Crippen molar-refractivity contribution in [2.45, 2.75) is 26.2 Å². The molecule has 118 valence electrons. The van der Waals surface area contributed by atoms with Crippen molar-refractivity contribution in [3.05, 3.63) is 28.8 Å². The minimum Gasteiger partial charge on any atom is -0.493 e. The highest BCUT2D eigenvalue weighted by molar-refractivity contribution is 6.06. The van der Waals surface area contributed by atoms with E-state index in [0.717, 1.165) is 30.4 Å². The Morgan fingerprint density at radius 3 is 2.41 bits per heavy atom. The van der Waals surface area contributed by atoms with Crippen molar-refractivity contribution in [2.24, 2.45) is 0 Å². The smallest absolute Gasteiger partial charge is 0.335 e. The number of benzene rings is 1. The van der Waals surface area contributed by atoms with Gasteiger partial charge in [0, 0.05) is 5.57 Å². The zero-order valence-corrected chi connectivity index (χ0v) is 12.9. The van der Waals surface area contributed by atoms with E-state index in [4.69, 9.17) is 14.6 Å². The first-order chi connectivity index (χ1) is 10.5. The second-order valence-corrected chi connectivity index (χ2v) is 5.13. The molecule has 0 unspecified atom stereocenters. The molecule has 1 aromatic rings. The van der Waals surface area contributed by atoms with Gasteiger partial charge in [-0.2, -0.15) is 0 Å². The molecule has 1 aromatic carbocycles. The molecular formula is C16H19NO5. The number of ether oxygens (including phenoxy) is 2. The number of carboxylic acids is 1. The zero-order chi connectivity index (χ0) is 16.3. The molecule has 0 aromatic heterocycles. The zero-order valence-electron chi connectivity index (χ0n) is 12.9. The van der Waals surface area contributed by atoms with Crippen LogP contribution in [0, 0.1) is 0 Å². The van der Waals surface area contributed by atoms with Gasteiger partial charge in [-0.3, -0.25) is 4.79 Å². The number of methoxy groups -OCH3 is 2. The quantitative estimate of drug-likeness (QED) is 0.873. The number of carbonyl (C=O) groups excluding carboxylic acids is 1. The number of anilines is 1. The Morgan fingerprint density at radius 1 is 1.18 bits per heavy atom. The Labute approximate surface area is 128 Å². The molecule has 1 aliphatic rings. The summed E-state index contributed by atoms with van der Waals surface area (Å²) in [5, 5.41) is 11.9. The van der Waals surface area contributed by atoms with Gasteiger partial charge >= 0.3 is 5.97 Å². The van der Waals surface area contributed by atoms with E-state index in [2.05, 4.69) is 5.32 Å². The molecule has 0 bridgehead atoms. The molecular weight excluding hydrogens is 286 g/mol. The molecule has 0 saturated carbocycles. The largest absolute Gasteiger partial charge is 0.493 e. The molecule has 0 fully saturated rings. The van der Waals surface area contributed by atoms with E-state index in [9.17, 15) is 9.59 Å². The predicted octanol–water partition coefficient (Wildman–Crippen LogP) is 2.84. The number of nitrogens with one attached hydrogen (secondary N) is 1. The highest BCUT2D eigenvalue weighted by atomic mass is 16.5. The summed E-state index contributed by atoms with van der Waals surface area (Å²) >= 11 is 0. The highest BCUT2D eigenvalue weighted by Gasteiger charge is 2.22. The number of carboxylic acid groups (broad SMARTS) is 1. The van der Waals surface area contributed by atoms with Crippen LogP contribution in [0.1, 0.15) is 36.5 Å². The van der Waals surface area contributed by atoms with E-state index >= 15 is 0 Å². The summed E-state index contributed by atoms with van der Waals surface area (Å²) in [6.45, 7) is 1.94. The van der Waals surface area contributed by atoms with Gasteiger partial charge in [0.25, 0.3) is 5.91 Å². The molecule has 1 aliphatic carbocycles. The van der Waals surface area contributed by atoms with Crippen molar-refractivity contribution in [2.75, 3.05) is 19.5 Å². The second-order valence-electron chi connectivity index (χ2n) is 5.13. The Kier molecular flexibility index (Phi) is 4.70. The number of rotatable bonds is 5. The van der Waals surface area contributed by atoms with Gasteiger partial charge in [-0.05, 0) is 38.3 Å². The maximum atomic E-state index is 12.4. The van der Waals surface area contributed by atoms with E-state index < -0.39 is 5.97 Å². The summed E-state index contributed by atoms with van der Waals surface area (Å²) in [4.78, 5) is 23.6. The van der Waals surface area contributed by atoms with Crippen molar-refractivity contribution < 1.29 is 24.2 Å². The third-order valence-electron chi connectivity index (χ3n) is 3.74. The van der Waals surface area contributed by atoms with Crippen LogP contribution in [0.4, 0.5) is 5.69 Å². The lowest BCUT2D eigenvalue weighted by molar-refractivity contribution is -0.113. The number of hydrogen-bond donors (Lipinski definition) is 2. The van der Waals surface area contributed by atoms with Crippen LogP contribution in [0.3, 0.4) is 0 Å². The van der Waals surface area contributed by atoms with Crippen LogP contribution in [0.25, 0.3) is 0 Å². The SMILES string of the molecule is COc1cc(C(=O)O)cc(NC(=O)C2=C(C)CCC2)c1OC. The maximum Gasteiger partial charge on any atom is 0.335 e. The predicted molar refractivity (Wildman–Crippen MR) is 81.7 cm³/mol. The summed E-state index contributed by atoms with van der Waals surface area (Å²) in [6, 6.07) is 2.73. The Hall–Kier alpha value is -2.50. The van der Waals surface area contributed by atoms with Crippen molar-refractivity contribution >= 4 is 17.6 Å². The standard InChI is InChI=1S/C16H19NO5/c1-9-5-4-6-11(9)15(18)17-12-7-10(16(19)20)8-13(21-2)14(12)22-3/h7-8H,4-6H2,1-3H3,(H,17,18)(H,19,20). The first kappa shape index (κ1) is 15.9. The molecule has 0 spiro atoms. The van der Waals surface area contributed by atoms with E-state index in [1.807, 2.05) is 6.92 Å². The van der Waals surface area contributed by atoms with Crippen LogP contribution in [-0.2, 0) is 4.79 Å². The molecule has 22 heavy (non-hydrogen) atoms. The van der Waals surface area contributed by atoms with Gasteiger partial charge in [0.15, 0.2) is 11.5 Å². The van der Waals surface area contributed by atoms with E-state index in [-0.39, 0.29) is 22.9 Å². The lowest BCUT2D eigenvalue weighted by atomic mass is 10.1. The Morgan fingerprint density at radius 2 is 1.91 bits per heavy atom. The number of amides is 1. The molecule has 2 N–H and O–H groups in total. The molecule has 0 aliphatic heterocycles. The summed E-state index contributed by atoms with van der Waals surface area (Å²) < 4.78 is 10.4.